The average molecular weight is 259 g/mol. The van der Waals surface area contributed by atoms with Crippen LogP contribution in [0.5, 0.6) is 0 Å². The molecule has 1 heterocycles. The van der Waals surface area contributed by atoms with Gasteiger partial charge in [-0.2, -0.15) is 5.10 Å². The SMILES string of the molecule is CCOC(C)CNCc1cnn(-c2ccccc2)c1. The molecule has 1 aromatic carbocycles. The molecule has 0 aliphatic heterocycles. The van der Waals surface area contributed by atoms with Crippen molar-refractivity contribution in [2.75, 3.05) is 13.2 Å². The van der Waals surface area contributed by atoms with Crippen molar-refractivity contribution < 1.29 is 4.74 Å². The fourth-order valence-electron chi connectivity index (χ4n) is 1.94. The summed E-state index contributed by atoms with van der Waals surface area (Å²) in [6.45, 7) is 6.51. The summed E-state index contributed by atoms with van der Waals surface area (Å²) in [6, 6.07) is 10.1. The molecule has 0 saturated heterocycles. The molecule has 19 heavy (non-hydrogen) atoms. The first-order valence-electron chi connectivity index (χ1n) is 6.71. The number of hydrogen-bond acceptors (Lipinski definition) is 3. The smallest absolute Gasteiger partial charge is 0.0671 e. The lowest BCUT2D eigenvalue weighted by Gasteiger charge is -2.11. The van der Waals surface area contributed by atoms with Gasteiger partial charge in [0.15, 0.2) is 0 Å². The van der Waals surface area contributed by atoms with Crippen molar-refractivity contribution in [1.82, 2.24) is 15.1 Å². The monoisotopic (exact) mass is 259 g/mol. The van der Waals surface area contributed by atoms with Gasteiger partial charge in [-0.15, -0.1) is 0 Å². The maximum Gasteiger partial charge on any atom is 0.0671 e. The molecule has 0 saturated carbocycles. The van der Waals surface area contributed by atoms with Crippen molar-refractivity contribution in [2.24, 2.45) is 0 Å². The van der Waals surface area contributed by atoms with E-state index in [1.54, 1.807) is 0 Å². The van der Waals surface area contributed by atoms with Crippen LogP contribution in [0.2, 0.25) is 0 Å². The van der Waals surface area contributed by atoms with Crippen LogP contribution in [0.15, 0.2) is 42.7 Å². The van der Waals surface area contributed by atoms with Crippen molar-refractivity contribution in [3.8, 4) is 5.69 Å². The summed E-state index contributed by atoms with van der Waals surface area (Å²) in [6.07, 6.45) is 4.19. The number of nitrogens with zero attached hydrogens (tertiary/aromatic N) is 2. The van der Waals surface area contributed by atoms with Gasteiger partial charge in [0.2, 0.25) is 0 Å². The van der Waals surface area contributed by atoms with E-state index in [-0.39, 0.29) is 6.10 Å². The summed E-state index contributed by atoms with van der Waals surface area (Å²) in [5.74, 6) is 0. The Labute approximate surface area is 114 Å². The van der Waals surface area contributed by atoms with E-state index in [2.05, 4.69) is 17.3 Å². The van der Waals surface area contributed by atoms with Crippen LogP contribution in [0, 0.1) is 0 Å². The van der Waals surface area contributed by atoms with Crippen LogP contribution in [0.3, 0.4) is 0 Å². The second-order valence-electron chi connectivity index (χ2n) is 4.53. The molecule has 4 heteroatoms. The highest BCUT2D eigenvalue weighted by Gasteiger charge is 2.02. The molecule has 0 amide bonds. The highest BCUT2D eigenvalue weighted by molar-refractivity contribution is 5.30. The number of nitrogens with one attached hydrogen (secondary N) is 1. The van der Waals surface area contributed by atoms with Crippen LogP contribution in [-0.4, -0.2) is 29.0 Å². The lowest BCUT2D eigenvalue weighted by atomic mass is 10.3. The number of ether oxygens (including phenoxy) is 1. The van der Waals surface area contributed by atoms with E-state index in [1.165, 1.54) is 5.56 Å². The summed E-state index contributed by atoms with van der Waals surface area (Å²) in [7, 11) is 0. The van der Waals surface area contributed by atoms with E-state index < -0.39 is 0 Å². The summed E-state index contributed by atoms with van der Waals surface area (Å²) in [4.78, 5) is 0. The molecule has 2 rings (SSSR count). The van der Waals surface area contributed by atoms with Crippen LogP contribution in [0.25, 0.3) is 5.69 Å². The first-order chi connectivity index (χ1) is 9.29. The minimum absolute atomic E-state index is 0.245. The zero-order valence-corrected chi connectivity index (χ0v) is 11.5. The molecule has 1 N–H and O–H groups in total. The summed E-state index contributed by atoms with van der Waals surface area (Å²) < 4.78 is 7.36. The van der Waals surface area contributed by atoms with Gasteiger partial charge in [0.25, 0.3) is 0 Å². The van der Waals surface area contributed by atoms with E-state index in [0.717, 1.165) is 25.4 Å². The molecule has 1 atom stereocenters. The van der Waals surface area contributed by atoms with Crippen LogP contribution in [0.4, 0.5) is 0 Å². The molecule has 102 valence electrons. The Kier molecular flexibility index (Phi) is 5.12. The summed E-state index contributed by atoms with van der Waals surface area (Å²) in [5.41, 5.74) is 2.25. The third kappa shape index (κ3) is 4.19. The van der Waals surface area contributed by atoms with Crippen molar-refractivity contribution in [1.29, 1.82) is 0 Å². The van der Waals surface area contributed by atoms with Crippen molar-refractivity contribution in [3.05, 3.63) is 48.3 Å². The van der Waals surface area contributed by atoms with Crippen molar-refractivity contribution in [3.63, 3.8) is 0 Å². The molecule has 0 spiro atoms. The number of benzene rings is 1. The number of aromatic nitrogens is 2. The predicted octanol–water partition coefficient (Wildman–Crippen LogP) is 2.39. The second kappa shape index (κ2) is 7.07. The van der Waals surface area contributed by atoms with E-state index in [0.29, 0.717) is 0 Å². The lowest BCUT2D eigenvalue weighted by Crippen LogP contribution is -2.26. The van der Waals surface area contributed by atoms with Crippen LogP contribution < -0.4 is 5.32 Å². The van der Waals surface area contributed by atoms with Gasteiger partial charge in [0, 0.05) is 31.5 Å². The molecule has 4 nitrogen and oxygen atoms in total. The fraction of sp³-hybridized carbons (Fsp3) is 0.400. The van der Waals surface area contributed by atoms with Gasteiger partial charge in [-0.3, -0.25) is 0 Å². The number of rotatable bonds is 7. The highest BCUT2D eigenvalue weighted by atomic mass is 16.5. The molecule has 1 aromatic heterocycles. The van der Waals surface area contributed by atoms with Crippen LogP contribution >= 0.6 is 0 Å². The minimum atomic E-state index is 0.245. The first-order valence-corrected chi connectivity index (χ1v) is 6.71. The highest BCUT2D eigenvalue weighted by Crippen LogP contribution is 2.07. The number of para-hydroxylation sites is 1. The Balaban J connectivity index is 1.85. The van der Waals surface area contributed by atoms with E-state index in [1.807, 2.05) is 54.3 Å². The Morgan fingerprint density at radius 3 is 2.84 bits per heavy atom. The summed E-state index contributed by atoms with van der Waals surface area (Å²) in [5, 5.41) is 7.74. The van der Waals surface area contributed by atoms with E-state index in [4.69, 9.17) is 4.74 Å². The second-order valence-corrected chi connectivity index (χ2v) is 4.53. The molecule has 0 fully saturated rings. The van der Waals surface area contributed by atoms with E-state index in [9.17, 15) is 0 Å². The van der Waals surface area contributed by atoms with Gasteiger partial charge < -0.3 is 10.1 Å². The standard InChI is InChI=1S/C15H21N3O/c1-3-19-13(2)9-16-10-14-11-17-18(12-14)15-7-5-4-6-8-15/h4-8,11-13,16H,3,9-10H2,1-2H3. The molecule has 1 unspecified atom stereocenters. The Morgan fingerprint density at radius 1 is 1.32 bits per heavy atom. The quantitative estimate of drug-likeness (QED) is 0.830. The topological polar surface area (TPSA) is 39.1 Å². The maximum absolute atomic E-state index is 5.47. The van der Waals surface area contributed by atoms with Gasteiger partial charge >= 0.3 is 0 Å². The summed E-state index contributed by atoms with van der Waals surface area (Å²) >= 11 is 0. The molecular formula is C15H21N3O. The van der Waals surface area contributed by atoms with Crippen molar-refractivity contribution in [2.45, 2.75) is 26.5 Å². The average Bonchev–Trinajstić information content (AvgIpc) is 2.89. The Morgan fingerprint density at radius 2 is 2.11 bits per heavy atom. The maximum atomic E-state index is 5.47. The van der Waals surface area contributed by atoms with E-state index >= 15 is 0 Å². The van der Waals surface area contributed by atoms with Gasteiger partial charge in [-0.1, -0.05) is 18.2 Å². The first kappa shape index (κ1) is 13.8. The predicted molar refractivity (Wildman–Crippen MR) is 76.4 cm³/mol. The normalized spacial score (nSPS) is 12.5. The van der Waals surface area contributed by atoms with Crippen LogP contribution in [0.1, 0.15) is 19.4 Å². The van der Waals surface area contributed by atoms with Crippen LogP contribution in [-0.2, 0) is 11.3 Å². The third-order valence-electron chi connectivity index (χ3n) is 2.87. The Bertz CT molecular complexity index is 481. The Hall–Kier alpha value is -1.65. The van der Waals surface area contributed by atoms with Gasteiger partial charge in [0.1, 0.15) is 0 Å². The van der Waals surface area contributed by atoms with Gasteiger partial charge in [0.05, 0.1) is 18.0 Å². The van der Waals surface area contributed by atoms with Gasteiger partial charge in [-0.05, 0) is 26.0 Å². The van der Waals surface area contributed by atoms with Crippen molar-refractivity contribution >= 4 is 0 Å². The molecule has 0 aliphatic carbocycles. The third-order valence-corrected chi connectivity index (χ3v) is 2.87. The largest absolute Gasteiger partial charge is 0.377 e. The molecular weight excluding hydrogens is 238 g/mol. The fourth-order valence-corrected chi connectivity index (χ4v) is 1.94. The lowest BCUT2D eigenvalue weighted by molar-refractivity contribution is 0.0759. The molecule has 0 bridgehead atoms. The van der Waals surface area contributed by atoms with Gasteiger partial charge in [-0.25, -0.2) is 4.68 Å². The molecule has 0 aliphatic rings. The molecule has 2 aromatic rings. The zero-order valence-electron chi connectivity index (χ0n) is 11.5. The zero-order chi connectivity index (χ0) is 13.5. The number of hydrogen-bond donors (Lipinski definition) is 1. The minimum Gasteiger partial charge on any atom is -0.377 e. The molecule has 0 radical (unpaired) electrons.